The van der Waals surface area contributed by atoms with Crippen molar-refractivity contribution in [2.75, 3.05) is 19.6 Å². The summed E-state index contributed by atoms with van der Waals surface area (Å²) in [6.45, 7) is 5.03. The van der Waals surface area contributed by atoms with Crippen LogP contribution in [-0.2, 0) is 6.42 Å². The van der Waals surface area contributed by atoms with Gasteiger partial charge in [0, 0.05) is 25.9 Å². The van der Waals surface area contributed by atoms with Crippen molar-refractivity contribution in [2.45, 2.75) is 38.6 Å². The fourth-order valence-electron chi connectivity index (χ4n) is 2.05. The van der Waals surface area contributed by atoms with Crippen LogP contribution in [0.5, 0.6) is 0 Å². The average molecular weight is 224 g/mol. The second-order valence-corrected chi connectivity index (χ2v) is 4.31. The minimum atomic E-state index is 0.642. The Morgan fingerprint density at radius 3 is 3.19 bits per heavy atom. The first kappa shape index (κ1) is 11.5. The summed E-state index contributed by atoms with van der Waals surface area (Å²) in [5, 5.41) is 10.8. The Balaban J connectivity index is 1.67. The highest BCUT2D eigenvalue weighted by atomic mass is 16.5. The van der Waals surface area contributed by atoms with Gasteiger partial charge < -0.3 is 15.2 Å². The SMILES string of the molecule is Cc1nc(CCNC2CCCNCC2)no1. The molecule has 2 rings (SSSR count). The monoisotopic (exact) mass is 224 g/mol. The molecule has 16 heavy (non-hydrogen) atoms. The van der Waals surface area contributed by atoms with Crippen LogP contribution < -0.4 is 10.6 Å². The minimum absolute atomic E-state index is 0.642. The predicted octanol–water partition coefficient (Wildman–Crippen LogP) is 0.652. The van der Waals surface area contributed by atoms with E-state index in [-0.39, 0.29) is 0 Å². The molecular formula is C11H20N4O. The third-order valence-corrected chi connectivity index (χ3v) is 2.93. The molecule has 1 aliphatic rings. The second-order valence-electron chi connectivity index (χ2n) is 4.31. The number of rotatable bonds is 4. The van der Waals surface area contributed by atoms with Gasteiger partial charge in [-0.1, -0.05) is 5.16 Å². The van der Waals surface area contributed by atoms with Crippen molar-refractivity contribution in [1.82, 2.24) is 20.8 Å². The van der Waals surface area contributed by atoms with Gasteiger partial charge in [-0.05, 0) is 32.4 Å². The highest BCUT2D eigenvalue weighted by Gasteiger charge is 2.11. The molecule has 0 spiro atoms. The van der Waals surface area contributed by atoms with Crippen LogP contribution in [0.15, 0.2) is 4.52 Å². The molecule has 2 N–H and O–H groups in total. The van der Waals surface area contributed by atoms with Crippen LogP contribution in [0.25, 0.3) is 0 Å². The minimum Gasteiger partial charge on any atom is -0.340 e. The van der Waals surface area contributed by atoms with Gasteiger partial charge in [-0.2, -0.15) is 4.98 Å². The zero-order valence-corrected chi connectivity index (χ0v) is 9.83. The van der Waals surface area contributed by atoms with Crippen molar-refractivity contribution < 1.29 is 4.52 Å². The van der Waals surface area contributed by atoms with Crippen molar-refractivity contribution in [2.24, 2.45) is 0 Å². The third kappa shape index (κ3) is 3.57. The van der Waals surface area contributed by atoms with Crippen LogP contribution in [0, 0.1) is 6.92 Å². The Kier molecular flexibility index (Phi) is 4.30. The highest BCUT2D eigenvalue weighted by molar-refractivity contribution is 4.85. The summed E-state index contributed by atoms with van der Waals surface area (Å²) in [6, 6.07) is 0.642. The average Bonchev–Trinajstić information content (AvgIpc) is 2.54. The molecule has 0 amide bonds. The largest absolute Gasteiger partial charge is 0.340 e. The lowest BCUT2D eigenvalue weighted by atomic mass is 10.1. The molecule has 0 aliphatic carbocycles. The summed E-state index contributed by atoms with van der Waals surface area (Å²) in [5.74, 6) is 1.45. The van der Waals surface area contributed by atoms with E-state index in [1.807, 2.05) is 6.92 Å². The van der Waals surface area contributed by atoms with Crippen LogP contribution >= 0.6 is 0 Å². The standard InChI is InChI=1S/C11H20N4O/c1-9-14-11(15-16-9)5-8-13-10-3-2-6-12-7-4-10/h10,12-13H,2-8H2,1H3. The Morgan fingerprint density at radius 2 is 2.38 bits per heavy atom. The molecule has 0 radical (unpaired) electrons. The lowest BCUT2D eigenvalue weighted by molar-refractivity contribution is 0.385. The molecule has 5 heteroatoms. The van der Waals surface area contributed by atoms with E-state index < -0.39 is 0 Å². The van der Waals surface area contributed by atoms with E-state index in [2.05, 4.69) is 20.8 Å². The molecule has 0 saturated carbocycles. The number of hydrogen-bond acceptors (Lipinski definition) is 5. The van der Waals surface area contributed by atoms with Crippen LogP contribution in [0.1, 0.15) is 31.0 Å². The van der Waals surface area contributed by atoms with Crippen molar-refractivity contribution in [3.63, 3.8) is 0 Å². The molecule has 1 aromatic heterocycles. The van der Waals surface area contributed by atoms with Crippen LogP contribution in [0.2, 0.25) is 0 Å². The van der Waals surface area contributed by atoms with Gasteiger partial charge in [-0.3, -0.25) is 0 Å². The molecule has 1 saturated heterocycles. The van der Waals surface area contributed by atoms with E-state index in [1.165, 1.54) is 19.3 Å². The fraction of sp³-hybridized carbons (Fsp3) is 0.818. The maximum Gasteiger partial charge on any atom is 0.223 e. The van der Waals surface area contributed by atoms with Crippen LogP contribution in [-0.4, -0.2) is 35.8 Å². The number of nitrogens with one attached hydrogen (secondary N) is 2. The first-order chi connectivity index (χ1) is 7.84. The summed E-state index contributed by atoms with van der Waals surface area (Å²) in [7, 11) is 0. The summed E-state index contributed by atoms with van der Waals surface area (Å²) < 4.78 is 4.93. The zero-order valence-electron chi connectivity index (χ0n) is 9.83. The number of nitrogens with zero attached hydrogens (tertiary/aromatic N) is 2. The van der Waals surface area contributed by atoms with E-state index in [9.17, 15) is 0 Å². The molecule has 1 atom stereocenters. The maximum atomic E-state index is 4.93. The van der Waals surface area contributed by atoms with Gasteiger partial charge in [0.15, 0.2) is 5.82 Å². The number of hydrogen-bond donors (Lipinski definition) is 2. The van der Waals surface area contributed by atoms with Crippen molar-refractivity contribution in [3.8, 4) is 0 Å². The van der Waals surface area contributed by atoms with Gasteiger partial charge in [0.05, 0.1) is 0 Å². The fourth-order valence-corrected chi connectivity index (χ4v) is 2.05. The Bertz CT molecular complexity index is 305. The number of aryl methyl sites for hydroxylation is 1. The summed E-state index contributed by atoms with van der Waals surface area (Å²) in [6.07, 6.45) is 4.59. The van der Waals surface area contributed by atoms with E-state index in [0.29, 0.717) is 11.9 Å². The van der Waals surface area contributed by atoms with Crippen LogP contribution in [0.3, 0.4) is 0 Å². The van der Waals surface area contributed by atoms with Gasteiger partial charge >= 0.3 is 0 Å². The predicted molar refractivity (Wildman–Crippen MR) is 61.3 cm³/mol. The third-order valence-electron chi connectivity index (χ3n) is 2.93. The Hall–Kier alpha value is -0.940. The Labute approximate surface area is 96.0 Å². The lowest BCUT2D eigenvalue weighted by Crippen LogP contribution is -2.31. The molecule has 0 aromatic carbocycles. The summed E-state index contributed by atoms with van der Waals surface area (Å²) in [4.78, 5) is 4.18. The molecule has 90 valence electrons. The first-order valence-corrected chi connectivity index (χ1v) is 6.08. The quantitative estimate of drug-likeness (QED) is 0.786. The first-order valence-electron chi connectivity index (χ1n) is 6.08. The van der Waals surface area contributed by atoms with E-state index in [1.54, 1.807) is 0 Å². The molecule has 2 heterocycles. The smallest absolute Gasteiger partial charge is 0.223 e. The van der Waals surface area contributed by atoms with Gasteiger partial charge in [0.2, 0.25) is 5.89 Å². The van der Waals surface area contributed by atoms with E-state index >= 15 is 0 Å². The van der Waals surface area contributed by atoms with Crippen molar-refractivity contribution >= 4 is 0 Å². The Morgan fingerprint density at radius 1 is 1.44 bits per heavy atom. The van der Waals surface area contributed by atoms with Gasteiger partial charge in [-0.25, -0.2) is 0 Å². The highest BCUT2D eigenvalue weighted by Crippen LogP contribution is 2.04. The van der Waals surface area contributed by atoms with Crippen LogP contribution in [0.4, 0.5) is 0 Å². The van der Waals surface area contributed by atoms with E-state index in [4.69, 9.17) is 4.52 Å². The lowest BCUT2D eigenvalue weighted by Gasteiger charge is -2.14. The van der Waals surface area contributed by atoms with Crippen molar-refractivity contribution in [3.05, 3.63) is 11.7 Å². The second kappa shape index (κ2) is 5.96. The summed E-state index contributed by atoms with van der Waals surface area (Å²) >= 11 is 0. The number of aromatic nitrogens is 2. The van der Waals surface area contributed by atoms with Gasteiger partial charge in [-0.15, -0.1) is 0 Å². The molecule has 5 nitrogen and oxygen atoms in total. The molecular weight excluding hydrogens is 204 g/mol. The molecule has 1 fully saturated rings. The topological polar surface area (TPSA) is 63.0 Å². The maximum absolute atomic E-state index is 4.93. The normalized spacial score (nSPS) is 21.9. The summed E-state index contributed by atoms with van der Waals surface area (Å²) in [5.41, 5.74) is 0. The molecule has 1 unspecified atom stereocenters. The molecule has 1 aliphatic heterocycles. The van der Waals surface area contributed by atoms with Gasteiger partial charge in [0.25, 0.3) is 0 Å². The van der Waals surface area contributed by atoms with Gasteiger partial charge in [0.1, 0.15) is 0 Å². The zero-order chi connectivity index (χ0) is 11.2. The molecule has 1 aromatic rings. The van der Waals surface area contributed by atoms with E-state index in [0.717, 1.165) is 31.9 Å². The van der Waals surface area contributed by atoms with Crippen molar-refractivity contribution in [1.29, 1.82) is 0 Å². The molecule has 0 bridgehead atoms.